The number of aromatic nitrogens is 2. The van der Waals surface area contributed by atoms with E-state index >= 15 is 0 Å². The summed E-state index contributed by atoms with van der Waals surface area (Å²) in [6.07, 6.45) is 4.26. The van der Waals surface area contributed by atoms with Crippen LogP contribution in [0, 0.1) is 5.92 Å². The summed E-state index contributed by atoms with van der Waals surface area (Å²) in [5, 5.41) is 3.67. The van der Waals surface area contributed by atoms with Gasteiger partial charge in [0.25, 0.3) is 0 Å². The van der Waals surface area contributed by atoms with Crippen molar-refractivity contribution < 1.29 is 4.43 Å². The Morgan fingerprint density at radius 1 is 1.03 bits per heavy atom. The average molecular weight is 545 g/mol. The van der Waals surface area contributed by atoms with Gasteiger partial charge in [-0.3, -0.25) is 4.90 Å². The first-order chi connectivity index (χ1) is 18.1. The van der Waals surface area contributed by atoms with E-state index in [2.05, 4.69) is 103 Å². The molecule has 1 aliphatic rings. The molecule has 0 radical (unpaired) electrons. The monoisotopic (exact) mass is 544 g/mol. The minimum absolute atomic E-state index is 0.146. The molecule has 200 valence electrons. The van der Waals surface area contributed by atoms with E-state index in [-0.39, 0.29) is 5.04 Å². The number of nitrogens with one attached hydrogen (secondary N) is 1. The van der Waals surface area contributed by atoms with Crippen LogP contribution in [0.1, 0.15) is 46.1 Å². The fourth-order valence-electron chi connectivity index (χ4n) is 4.56. The first-order valence-corrected chi connectivity index (χ1v) is 17.4. The van der Waals surface area contributed by atoms with Gasteiger partial charge in [0, 0.05) is 23.2 Å². The van der Waals surface area contributed by atoms with Gasteiger partial charge in [0.05, 0.1) is 10.2 Å². The molecule has 38 heavy (non-hydrogen) atoms. The van der Waals surface area contributed by atoms with Gasteiger partial charge in [-0.1, -0.05) is 58.0 Å². The minimum atomic E-state index is -1.91. The van der Waals surface area contributed by atoms with E-state index < -0.39 is 8.32 Å². The summed E-state index contributed by atoms with van der Waals surface area (Å²) < 4.78 is 7.58. The highest BCUT2D eigenvalue weighted by Crippen LogP contribution is 2.39. The second-order valence-electron chi connectivity index (χ2n) is 12.2. The first-order valence-electron chi connectivity index (χ1n) is 13.7. The minimum Gasteiger partial charge on any atom is -0.543 e. The van der Waals surface area contributed by atoms with Gasteiger partial charge in [0.1, 0.15) is 12.1 Å². The molecule has 0 spiro atoms. The van der Waals surface area contributed by atoms with Crippen LogP contribution in [0.25, 0.3) is 20.7 Å². The van der Waals surface area contributed by atoms with E-state index in [1.54, 1.807) is 17.7 Å². The number of hydrogen-bond acceptors (Lipinski definition) is 6. The number of anilines is 2. The molecule has 1 aliphatic heterocycles. The van der Waals surface area contributed by atoms with Gasteiger partial charge in [-0.25, -0.2) is 9.97 Å². The third-order valence-corrected chi connectivity index (χ3v) is 13.6. The van der Waals surface area contributed by atoms with Crippen LogP contribution in [0.5, 0.6) is 5.75 Å². The number of fused-ring (bicyclic) bond motifs is 1. The van der Waals surface area contributed by atoms with Crippen molar-refractivity contribution in [3.8, 4) is 16.2 Å². The molecule has 2 aromatic heterocycles. The molecule has 1 saturated heterocycles. The Balaban J connectivity index is 1.32. The number of likely N-dealkylation sites (tertiary alicyclic amines) is 1. The normalized spacial score (nSPS) is 15.6. The lowest BCUT2D eigenvalue weighted by Gasteiger charge is -2.36. The first kappa shape index (κ1) is 26.8. The molecule has 0 aliphatic carbocycles. The summed E-state index contributed by atoms with van der Waals surface area (Å²) in [6.45, 7) is 17.1. The lowest BCUT2D eigenvalue weighted by molar-refractivity contribution is 0.185. The van der Waals surface area contributed by atoms with E-state index in [0.29, 0.717) is 0 Å². The van der Waals surface area contributed by atoms with Crippen molar-refractivity contribution in [3.05, 3.63) is 66.5 Å². The van der Waals surface area contributed by atoms with Crippen molar-refractivity contribution in [2.45, 2.75) is 65.2 Å². The smallest absolute Gasteiger partial charge is 0.250 e. The molecule has 2 aromatic carbocycles. The van der Waals surface area contributed by atoms with Crippen molar-refractivity contribution in [1.29, 1.82) is 0 Å². The van der Waals surface area contributed by atoms with Crippen LogP contribution < -0.4 is 9.74 Å². The van der Waals surface area contributed by atoms with Crippen molar-refractivity contribution in [2.75, 3.05) is 18.4 Å². The molecule has 7 heteroatoms. The van der Waals surface area contributed by atoms with Gasteiger partial charge in [-0.15, -0.1) is 11.3 Å². The van der Waals surface area contributed by atoms with Crippen LogP contribution in [-0.4, -0.2) is 36.3 Å². The maximum absolute atomic E-state index is 6.52. The Hall–Kier alpha value is -2.74. The summed E-state index contributed by atoms with van der Waals surface area (Å²) in [5.41, 5.74) is 4.53. The van der Waals surface area contributed by atoms with Crippen molar-refractivity contribution >= 4 is 41.4 Å². The Labute approximate surface area is 232 Å². The molecule has 1 fully saturated rings. The van der Waals surface area contributed by atoms with Gasteiger partial charge in [0.2, 0.25) is 8.32 Å². The van der Waals surface area contributed by atoms with Crippen LogP contribution >= 0.6 is 11.3 Å². The summed E-state index contributed by atoms with van der Waals surface area (Å²) in [5.74, 6) is 2.59. The van der Waals surface area contributed by atoms with Crippen LogP contribution in [0.15, 0.2) is 60.9 Å². The highest BCUT2D eigenvalue weighted by molar-refractivity contribution is 7.22. The second-order valence-corrected chi connectivity index (χ2v) is 18.0. The van der Waals surface area contributed by atoms with E-state index in [0.717, 1.165) is 39.9 Å². The average Bonchev–Trinajstić information content (AvgIpc) is 3.31. The topological polar surface area (TPSA) is 50.3 Å². The molecule has 0 bridgehead atoms. The van der Waals surface area contributed by atoms with Crippen molar-refractivity contribution in [1.82, 2.24) is 14.9 Å². The number of hydrogen-bond donors (Lipinski definition) is 1. The van der Waals surface area contributed by atoms with Gasteiger partial charge in [-0.05, 0) is 79.3 Å². The Kier molecular flexibility index (Phi) is 7.62. The number of thiophene rings is 1. The third-order valence-electron chi connectivity index (χ3n) is 8.11. The zero-order chi connectivity index (χ0) is 26.9. The molecule has 0 saturated carbocycles. The highest BCUT2D eigenvalue weighted by atomic mass is 32.1. The predicted octanol–water partition coefficient (Wildman–Crippen LogP) is 8.72. The van der Waals surface area contributed by atoms with Gasteiger partial charge in [-0.2, -0.15) is 0 Å². The van der Waals surface area contributed by atoms with E-state index in [1.165, 1.54) is 41.9 Å². The largest absolute Gasteiger partial charge is 0.543 e. The lowest BCUT2D eigenvalue weighted by atomic mass is 9.99. The quantitative estimate of drug-likeness (QED) is 0.236. The number of rotatable bonds is 7. The number of benzene rings is 2. The van der Waals surface area contributed by atoms with Crippen LogP contribution in [-0.2, 0) is 6.54 Å². The molecule has 3 heterocycles. The molecule has 0 unspecified atom stereocenters. The molecule has 0 atom stereocenters. The molecule has 5 nitrogen and oxygen atoms in total. The van der Waals surface area contributed by atoms with Gasteiger partial charge < -0.3 is 9.74 Å². The standard InChI is InChI=1S/C31H40N4OSSi/c1-22-14-16-35(17-15-22)20-23-10-12-24(13-11-23)28-19-27-29(37-28)30(33-21-32-27)34-25-8-7-9-26(18-25)36-38(5,6)31(2,3)4/h7-13,18-19,21-22H,14-17,20H2,1-6H3,(H,32,33,34). The van der Waals surface area contributed by atoms with Gasteiger partial charge >= 0.3 is 0 Å². The second kappa shape index (κ2) is 10.8. The van der Waals surface area contributed by atoms with E-state index in [1.807, 2.05) is 12.1 Å². The zero-order valence-electron chi connectivity index (χ0n) is 23.5. The third kappa shape index (κ3) is 6.11. The molecule has 0 amide bonds. The van der Waals surface area contributed by atoms with Crippen molar-refractivity contribution in [3.63, 3.8) is 0 Å². The fraction of sp³-hybridized carbons (Fsp3) is 0.419. The predicted molar refractivity (Wildman–Crippen MR) is 164 cm³/mol. The zero-order valence-corrected chi connectivity index (χ0v) is 25.4. The van der Waals surface area contributed by atoms with Crippen LogP contribution in [0.2, 0.25) is 18.1 Å². The molecule has 5 rings (SSSR count). The summed E-state index contributed by atoms with van der Waals surface area (Å²) in [7, 11) is -1.91. The SMILES string of the molecule is CC1CCN(Cc2ccc(-c3cc4ncnc(Nc5cccc(O[Si](C)(C)C(C)(C)C)c5)c4s3)cc2)CC1. The van der Waals surface area contributed by atoms with Crippen molar-refractivity contribution in [2.24, 2.45) is 5.92 Å². The fourth-order valence-corrected chi connectivity index (χ4v) is 6.64. The van der Waals surface area contributed by atoms with E-state index in [4.69, 9.17) is 4.43 Å². The maximum Gasteiger partial charge on any atom is 0.250 e. The maximum atomic E-state index is 6.52. The Morgan fingerprint density at radius 2 is 1.76 bits per heavy atom. The summed E-state index contributed by atoms with van der Waals surface area (Å²) in [6, 6.07) is 19.4. The van der Waals surface area contributed by atoms with Gasteiger partial charge in [0.15, 0.2) is 5.82 Å². The highest BCUT2D eigenvalue weighted by Gasteiger charge is 2.39. The molecular formula is C31H40N4OSSi. The number of nitrogens with zero attached hydrogens (tertiary/aromatic N) is 3. The van der Waals surface area contributed by atoms with Crippen LogP contribution in [0.4, 0.5) is 11.5 Å². The lowest BCUT2D eigenvalue weighted by Crippen LogP contribution is -2.43. The number of piperidine rings is 1. The molecule has 4 aromatic rings. The summed E-state index contributed by atoms with van der Waals surface area (Å²) >= 11 is 1.73. The van der Waals surface area contributed by atoms with E-state index in [9.17, 15) is 0 Å². The molecular weight excluding hydrogens is 505 g/mol. The molecule has 1 N–H and O–H groups in total. The van der Waals surface area contributed by atoms with Crippen LogP contribution in [0.3, 0.4) is 0 Å². The Morgan fingerprint density at radius 3 is 2.47 bits per heavy atom. The summed E-state index contributed by atoms with van der Waals surface area (Å²) in [4.78, 5) is 12.9. The Bertz CT molecular complexity index is 1390.